The van der Waals surface area contributed by atoms with Crippen LogP contribution in [-0.4, -0.2) is 278 Å². The molecule has 47 heteroatoms. The topological polar surface area (TPSA) is 783 Å². The maximum absolute atomic E-state index is 14.7. The summed E-state index contributed by atoms with van der Waals surface area (Å²) < 4.78 is 5.42. The highest BCUT2D eigenvalue weighted by Crippen LogP contribution is 2.21. The first-order valence-corrected chi connectivity index (χ1v) is 40.5. The zero-order valence-corrected chi connectivity index (χ0v) is 69.1. The van der Waals surface area contributed by atoms with Gasteiger partial charge in [0.05, 0.1) is 26.1 Å². The number of carbonyl (C=O) groups is 19. The number of carbonyl (C=O) groups excluding carboxylic acids is 17. The van der Waals surface area contributed by atoms with Gasteiger partial charge in [-0.05, 0) is 95.1 Å². The fourth-order valence-electron chi connectivity index (χ4n) is 12.6. The number of hydrogen-bond acceptors (Lipinski definition) is 26. The Hall–Kier alpha value is -12.5. The maximum atomic E-state index is 14.7. The number of primary amides is 3. The van der Waals surface area contributed by atoms with Gasteiger partial charge in [-0.2, -0.15) is 0 Å². The molecule has 1 aromatic heterocycles. The zero-order valence-electron chi connectivity index (χ0n) is 69.1. The van der Waals surface area contributed by atoms with Gasteiger partial charge in [-0.3, -0.25) is 91.7 Å². The summed E-state index contributed by atoms with van der Waals surface area (Å²) in [6.07, 6.45) is 0.846. The van der Waals surface area contributed by atoms with Crippen molar-refractivity contribution in [2.24, 2.45) is 40.3 Å². The van der Waals surface area contributed by atoms with Gasteiger partial charge >= 0.3 is 17.9 Å². The lowest BCUT2D eigenvalue weighted by atomic mass is 10.0. The third-order valence-corrected chi connectivity index (χ3v) is 19.4. The first-order valence-electron chi connectivity index (χ1n) is 40.5. The number of aliphatic hydroxyl groups excluding tert-OH is 2. The molecule has 31 N–H and O–H groups in total. The van der Waals surface area contributed by atoms with Crippen LogP contribution in [0.4, 0.5) is 0 Å². The number of aliphatic hydroxyl groups is 2. The van der Waals surface area contributed by atoms with Crippen LogP contribution in [-0.2, 0) is 109 Å². The van der Waals surface area contributed by atoms with E-state index in [9.17, 15) is 112 Å². The van der Waals surface area contributed by atoms with Crippen LogP contribution in [0.1, 0.15) is 167 Å². The number of aromatic amines is 1. The minimum atomic E-state index is -1.85. The highest BCUT2D eigenvalue weighted by molar-refractivity contribution is 6.01. The van der Waals surface area contributed by atoms with E-state index in [-0.39, 0.29) is 76.7 Å². The van der Waals surface area contributed by atoms with E-state index in [4.69, 9.17) is 44.5 Å². The third kappa shape index (κ3) is 39.7. The van der Waals surface area contributed by atoms with Gasteiger partial charge in [0, 0.05) is 69.9 Å². The number of H-pyrrole nitrogens is 1. The van der Waals surface area contributed by atoms with Gasteiger partial charge in [0.2, 0.25) is 94.5 Å². The molecule has 2 aromatic rings. The lowest BCUT2D eigenvalue weighted by molar-refractivity contribution is -0.147. The Morgan fingerprint density at radius 1 is 0.512 bits per heavy atom. The number of aliphatic carboxylic acids is 2. The van der Waals surface area contributed by atoms with E-state index in [1.807, 2.05) is 6.92 Å². The number of guanidine groups is 1. The van der Waals surface area contributed by atoms with Crippen molar-refractivity contribution >= 4 is 118 Å². The molecule has 684 valence electrons. The summed E-state index contributed by atoms with van der Waals surface area (Å²) in [7, 11) is 0. The molecule has 1 unspecified atom stereocenters. The molecule has 13 atom stereocenters. The van der Waals surface area contributed by atoms with Crippen LogP contribution in [0.3, 0.4) is 0 Å². The van der Waals surface area contributed by atoms with Crippen molar-refractivity contribution in [2.45, 2.75) is 247 Å². The highest BCUT2D eigenvalue weighted by Gasteiger charge is 2.42. The number of rotatable bonds is 61. The molecule has 0 aliphatic carbocycles. The molecular weight excluding hydrogens is 1620 g/mol. The van der Waals surface area contributed by atoms with Crippen molar-refractivity contribution in [2.75, 3.05) is 46.0 Å². The lowest BCUT2D eigenvalue weighted by Crippen LogP contribution is -2.61. The molecule has 16 amide bonds. The average molecular weight is 1740 g/mol. The molecule has 3 rings (SSSR count). The minimum absolute atomic E-state index is 0.0436. The number of benzene rings is 1. The van der Waals surface area contributed by atoms with E-state index in [1.54, 1.807) is 30.3 Å². The predicted octanol–water partition coefficient (Wildman–Crippen LogP) is -8.36. The number of unbranched alkanes of at least 4 members (excludes halogenated alkanes) is 5. The molecular formula is C76H121N23O24. The van der Waals surface area contributed by atoms with E-state index >= 15 is 0 Å². The molecule has 123 heavy (non-hydrogen) atoms. The number of nitrogens with zero attached hydrogens (tertiary/aromatic N) is 2. The number of nitrogens with one attached hydrogen (secondary N) is 15. The maximum Gasteiger partial charge on any atom is 0.326 e. The summed E-state index contributed by atoms with van der Waals surface area (Å²) >= 11 is 0. The average Bonchev–Trinajstić information content (AvgIpc) is 1.73. The van der Waals surface area contributed by atoms with Gasteiger partial charge < -0.3 is 139 Å². The molecule has 1 aromatic carbocycles. The number of imidazole rings is 1. The zero-order chi connectivity index (χ0) is 91.8. The van der Waals surface area contributed by atoms with Gasteiger partial charge in [-0.15, -0.1) is 0 Å². The number of hydrogen-bond donors (Lipinski definition) is 25. The summed E-state index contributed by atoms with van der Waals surface area (Å²) in [5.41, 5.74) is 33.3. The van der Waals surface area contributed by atoms with E-state index < -0.39 is 287 Å². The SMILES string of the molecule is CCCCCCCC(=O)OCC(NC(=O)[C@H](CO)NC(=O)CN)C(=O)N[C@@H](Cc1ccccc1)C(=O)N[C@@H](CCCCN)C(=O)N[C@@H](CO)C(=O)N1CCC[C@H]1C(=O)N[C@@H](CCC(=O)O)C(=O)N[C@@H](Cc1cnc[nH]1)C(=O)N[C@@H](CCC(N)=O)C(=O)N[C@@H](CCCNC(=N)N)C(=O)N[C@H](C(=O)N[C@@H](CCC(N)=O)C(=O)N[C@@H](CCC(N)=O)C(=O)O)C(C)C. The monoisotopic (exact) mass is 1740 g/mol. The number of aromatic nitrogens is 2. The van der Waals surface area contributed by atoms with Gasteiger partial charge in [-0.25, -0.2) is 9.78 Å². The molecule has 0 saturated carbocycles. The molecule has 0 bridgehead atoms. The number of amides is 16. The Balaban J connectivity index is 1.99. The van der Waals surface area contributed by atoms with Crippen molar-refractivity contribution in [3.63, 3.8) is 0 Å². The molecule has 1 saturated heterocycles. The number of carboxylic acids is 2. The van der Waals surface area contributed by atoms with E-state index in [0.717, 1.165) is 24.2 Å². The number of carboxylic acid groups (broad SMARTS) is 2. The number of likely N-dealkylation sites (tertiary alicyclic amines) is 1. The Bertz CT molecular complexity index is 3900. The van der Waals surface area contributed by atoms with Gasteiger partial charge in [0.15, 0.2) is 5.96 Å². The molecule has 0 spiro atoms. The summed E-state index contributed by atoms with van der Waals surface area (Å²) in [6.45, 7) is 1.35. The van der Waals surface area contributed by atoms with Crippen LogP contribution in [0.25, 0.3) is 0 Å². The van der Waals surface area contributed by atoms with Crippen LogP contribution in [0.15, 0.2) is 42.9 Å². The second-order valence-corrected chi connectivity index (χ2v) is 29.6. The Morgan fingerprint density at radius 2 is 0.976 bits per heavy atom. The minimum Gasteiger partial charge on any atom is -0.481 e. The van der Waals surface area contributed by atoms with Crippen LogP contribution >= 0.6 is 0 Å². The molecule has 2 heterocycles. The lowest BCUT2D eigenvalue weighted by Gasteiger charge is -2.30. The Labute approximate surface area is 708 Å². The number of ether oxygens (including phenoxy) is 1. The van der Waals surface area contributed by atoms with Gasteiger partial charge in [0.1, 0.15) is 85.2 Å². The fourth-order valence-corrected chi connectivity index (χ4v) is 12.6. The van der Waals surface area contributed by atoms with E-state index in [1.165, 1.54) is 26.4 Å². The second kappa shape index (κ2) is 56.1. The second-order valence-electron chi connectivity index (χ2n) is 29.6. The summed E-state index contributed by atoms with van der Waals surface area (Å²) in [4.78, 5) is 265. The van der Waals surface area contributed by atoms with Gasteiger partial charge in [-0.1, -0.05) is 76.8 Å². The van der Waals surface area contributed by atoms with Crippen LogP contribution in [0.2, 0.25) is 0 Å². The summed E-state index contributed by atoms with van der Waals surface area (Å²) in [5.74, 6) is -22.0. The van der Waals surface area contributed by atoms with Crippen molar-refractivity contribution in [3.8, 4) is 0 Å². The number of nitrogens with two attached hydrogens (primary N) is 6. The molecule has 0 radical (unpaired) electrons. The smallest absolute Gasteiger partial charge is 0.326 e. The quantitative estimate of drug-likeness (QED) is 0.0127. The standard InChI is InChI=1S/C76H121N23O24/c1-4-5-6-7-11-21-61(108)123-39-54(97-70(116)52(37-100)87-59(105)35-78)71(117)94-50(33-42-16-9-8-10-17-42)68(114)89-44(18-12-13-30-77)63(109)96-53(38-101)74(120)99-32-15-20-55(99)72(118)91-48(25-29-60(106)107)66(112)95-51(34-43-36-84-40-86-43)69(115)90-46(22-26-56(79)102)64(110)88-45(19-14-31-85-76(82)83)67(113)98-62(41(2)3)73(119)92-47(23-27-57(80)103)65(111)93-49(75(121)122)24-28-58(81)104/h8-10,16-17,36,40-41,44-55,62,100-101H,4-7,11-15,18-35,37-39,77-78H2,1-3H3,(H2,79,102)(H2,80,103)(H2,81,104)(H,84,86)(H,87,105)(H,88,110)(H,89,114)(H,90,115)(H,91,118)(H,92,119)(H,93,111)(H,94,117)(H,95,112)(H,96,109)(H,97,116)(H,98,113)(H,106,107)(H,121,122)(H4,82,83,85)/t44-,45-,46-,47-,48-,49-,50-,51-,52-,53-,54?,55-,62-/m0/s1. The summed E-state index contributed by atoms with van der Waals surface area (Å²) in [6, 6.07) is -13.8. The fraction of sp³-hybridized carbons (Fsp3) is 0.618. The molecule has 1 fully saturated rings. The summed E-state index contributed by atoms with van der Waals surface area (Å²) in [5, 5.41) is 79.6. The molecule has 1 aliphatic heterocycles. The first kappa shape index (κ1) is 105. The van der Waals surface area contributed by atoms with Crippen molar-refractivity contribution in [1.29, 1.82) is 5.41 Å². The third-order valence-electron chi connectivity index (χ3n) is 19.4. The Morgan fingerprint density at radius 3 is 1.48 bits per heavy atom. The van der Waals surface area contributed by atoms with E-state index in [2.05, 4.69) is 79.1 Å². The highest BCUT2D eigenvalue weighted by atomic mass is 16.5. The Kier molecular flexibility index (Phi) is 47.8. The molecule has 1 aliphatic rings. The normalized spacial score (nSPS) is 15.2. The van der Waals surface area contributed by atoms with Gasteiger partial charge in [0.25, 0.3) is 0 Å². The van der Waals surface area contributed by atoms with Crippen LogP contribution in [0.5, 0.6) is 0 Å². The van der Waals surface area contributed by atoms with Crippen LogP contribution < -0.4 is 104 Å². The molecule has 47 nitrogen and oxygen atoms in total. The van der Waals surface area contributed by atoms with Crippen molar-refractivity contribution in [3.05, 3.63) is 54.1 Å². The van der Waals surface area contributed by atoms with Crippen molar-refractivity contribution < 1.29 is 116 Å². The van der Waals surface area contributed by atoms with Crippen molar-refractivity contribution in [1.82, 2.24) is 84.0 Å². The first-order chi connectivity index (χ1) is 58.4. The van der Waals surface area contributed by atoms with Crippen LogP contribution in [0, 0.1) is 11.3 Å². The predicted molar refractivity (Wildman–Crippen MR) is 435 cm³/mol. The van der Waals surface area contributed by atoms with E-state index in [0.29, 0.717) is 24.8 Å². The largest absolute Gasteiger partial charge is 0.481 e. The number of esters is 1.